The minimum atomic E-state index is 0.387. The van der Waals surface area contributed by atoms with Crippen molar-refractivity contribution in [2.45, 2.75) is 13.5 Å². The van der Waals surface area contributed by atoms with Crippen molar-refractivity contribution in [1.29, 1.82) is 0 Å². The van der Waals surface area contributed by atoms with Gasteiger partial charge in [-0.2, -0.15) is 0 Å². The van der Waals surface area contributed by atoms with E-state index >= 15 is 0 Å². The largest absolute Gasteiger partial charge is 0.493 e. The molecule has 0 fully saturated rings. The van der Waals surface area contributed by atoms with E-state index < -0.39 is 0 Å². The fraction of sp³-hybridized carbons (Fsp3) is 0.333. The Balaban J connectivity index is 2.18. The second kappa shape index (κ2) is 7.44. The predicted octanol–water partition coefficient (Wildman–Crippen LogP) is 2.40. The maximum Gasteiger partial charge on any atom is 0.238 e. The maximum atomic E-state index is 5.74. The molecule has 1 aromatic carbocycles. The number of nitrogens with one attached hydrogen (secondary N) is 1. The number of nitrogens with zero attached hydrogens (tertiary/aromatic N) is 2. The van der Waals surface area contributed by atoms with Crippen molar-refractivity contribution < 1.29 is 14.2 Å². The van der Waals surface area contributed by atoms with Gasteiger partial charge in [0, 0.05) is 6.54 Å². The fourth-order valence-electron chi connectivity index (χ4n) is 1.76. The zero-order chi connectivity index (χ0) is 15.1. The highest BCUT2D eigenvalue weighted by molar-refractivity contribution is 5.52. The van der Waals surface area contributed by atoms with E-state index in [2.05, 4.69) is 15.3 Å². The van der Waals surface area contributed by atoms with Crippen LogP contribution in [0, 0.1) is 0 Å². The van der Waals surface area contributed by atoms with Crippen LogP contribution in [0.5, 0.6) is 23.1 Å². The second-order valence-electron chi connectivity index (χ2n) is 4.22. The summed E-state index contributed by atoms with van der Waals surface area (Å²) in [5.74, 6) is 2.02. The summed E-state index contributed by atoms with van der Waals surface area (Å²) in [6.07, 6.45) is 3.26. The van der Waals surface area contributed by atoms with Gasteiger partial charge < -0.3 is 19.5 Å². The molecule has 0 saturated carbocycles. The summed E-state index contributed by atoms with van der Waals surface area (Å²) in [5.41, 5.74) is 0.858. The number of hydrogen-bond acceptors (Lipinski definition) is 6. The molecular formula is C15H19N3O3. The van der Waals surface area contributed by atoms with Gasteiger partial charge in [0.05, 0.1) is 32.3 Å². The Labute approximate surface area is 124 Å². The van der Waals surface area contributed by atoms with Gasteiger partial charge in [0.15, 0.2) is 11.5 Å². The molecule has 6 nitrogen and oxygen atoms in total. The van der Waals surface area contributed by atoms with Crippen LogP contribution in [-0.4, -0.2) is 30.7 Å². The van der Waals surface area contributed by atoms with Crippen molar-refractivity contribution in [1.82, 2.24) is 15.3 Å². The zero-order valence-electron chi connectivity index (χ0n) is 12.4. The Morgan fingerprint density at radius 2 is 1.76 bits per heavy atom. The third-order valence-corrected chi connectivity index (χ3v) is 2.83. The quantitative estimate of drug-likeness (QED) is 0.844. The third-order valence-electron chi connectivity index (χ3n) is 2.83. The van der Waals surface area contributed by atoms with Gasteiger partial charge >= 0.3 is 0 Å². The van der Waals surface area contributed by atoms with Crippen LogP contribution in [0.1, 0.15) is 12.6 Å². The van der Waals surface area contributed by atoms with Gasteiger partial charge in [0.1, 0.15) is 0 Å². The van der Waals surface area contributed by atoms with Crippen molar-refractivity contribution in [2.75, 3.05) is 20.8 Å². The number of benzene rings is 1. The van der Waals surface area contributed by atoms with E-state index in [4.69, 9.17) is 14.2 Å². The summed E-state index contributed by atoms with van der Waals surface area (Å²) in [4.78, 5) is 8.53. The molecule has 112 valence electrons. The molecule has 1 aromatic heterocycles. The summed E-state index contributed by atoms with van der Waals surface area (Å²) < 4.78 is 16.3. The van der Waals surface area contributed by atoms with E-state index in [9.17, 15) is 0 Å². The summed E-state index contributed by atoms with van der Waals surface area (Å²) in [5, 5.41) is 3.19. The Bertz CT molecular complexity index is 551. The molecule has 2 aromatic rings. The second-order valence-corrected chi connectivity index (χ2v) is 4.22. The van der Waals surface area contributed by atoms with E-state index in [1.54, 1.807) is 38.7 Å². The summed E-state index contributed by atoms with van der Waals surface area (Å²) in [6, 6.07) is 5.42. The maximum absolute atomic E-state index is 5.74. The van der Waals surface area contributed by atoms with Crippen LogP contribution in [0.2, 0.25) is 0 Å². The predicted molar refractivity (Wildman–Crippen MR) is 79.0 cm³/mol. The number of aromatic nitrogens is 2. The Kier molecular flexibility index (Phi) is 5.34. The third kappa shape index (κ3) is 3.82. The van der Waals surface area contributed by atoms with Gasteiger partial charge in [0.2, 0.25) is 11.6 Å². The van der Waals surface area contributed by atoms with Crippen molar-refractivity contribution in [3.05, 3.63) is 36.3 Å². The molecule has 0 unspecified atom stereocenters. The fourth-order valence-corrected chi connectivity index (χ4v) is 1.76. The molecule has 0 atom stereocenters. The van der Waals surface area contributed by atoms with E-state index in [1.165, 1.54) is 0 Å². The molecular weight excluding hydrogens is 270 g/mol. The van der Waals surface area contributed by atoms with Crippen molar-refractivity contribution >= 4 is 0 Å². The van der Waals surface area contributed by atoms with Gasteiger partial charge in [-0.3, -0.25) is 4.98 Å². The molecule has 0 aliphatic heterocycles. The van der Waals surface area contributed by atoms with E-state index in [-0.39, 0.29) is 0 Å². The monoisotopic (exact) mass is 289 g/mol. The number of methoxy groups -OCH3 is 2. The van der Waals surface area contributed by atoms with Crippen LogP contribution in [-0.2, 0) is 6.54 Å². The van der Waals surface area contributed by atoms with Crippen LogP contribution in [0.3, 0.4) is 0 Å². The first kappa shape index (κ1) is 15.1. The molecule has 6 heteroatoms. The lowest BCUT2D eigenvalue weighted by Gasteiger charge is -2.13. The minimum Gasteiger partial charge on any atom is -0.493 e. The van der Waals surface area contributed by atoms with E-state index in [1.807, 2.05) is 13.0 Å². The normalized spacial score (nSPS) is 10.2. The van der Waals surface area contributed by atoms with Gasteiger partial charge in [-0.25, -0.2) is 4.98 Å². The van der Waals surface area contributed by atoms with Gasteiger partial charge in [-0.05, 0) is 18.7 Å². The molecule has 21 heavy (non-hydrogen) atoms. The molecule has 0 aliphatic carbocycles. The highest BCUT2D eigenvalue weighted by Gasteiger charge is 2.13. The van der Waals surface area contributed by atoms with Crippen molar-refractivity contribution in [3.63, 3.8) is 0 Å². The Morgan fingerprint density at radius 3 is 2.29 bits per heavy atom. The molecule has 1 N–H and O–H groups in total. The lowest BCUT2D eigenvalue weighted by Crippen LogP contribution is -2.13. The van der Waals surface area contributed by atoms with Crippen molar-refractivity contribution in [2.24, 2.45) is 0 Å². The number of ether oxygens (including phenoxy) is 3. The van der Waals surface area contributed by atoms with Gasteiger partial charge in [-0.1, -0.05) is 13.0 Å². The Hall–Kier alpha value is -2.34. The standard InChI is InChI=1S/C15H19N3O3/c1-4-16-8-11-9-18-14(10-17-11)21-15-12(19-2)6-5-7-13(15)20-3/h5-7,9-10,16H,4,8H2,1-3H3. The molecule has 0 saturated heterocycles. The smallest absolute Gasteiger partial charge is 0.238 e. The van der Waals surface area contributed by atoms with E-state index in [0.29, 0.717) is 29.7 Å². The van der Waals surface area contributed by atoms with E-state index in [0.717, 1.165) is 12.2 Å². The van der Waals surface area contributed by atoms with Crippen LogP contribution in [0.4, 0.5) is 0 Å². The van der Waals surface area contributed by atoms with Crippen LogP contribution >= 0.6 is 0 Å². The highest BCUT2D eigenvalue weighted by Crippen LogP contribution is 2.39. The average Bonchev–Trinajstić information content (AvgIpc) is 2.54. The van der Waals surface area contributed by atoms with Crippen molar-refractivity contribution in [3.8, 4) is 23.1 Å². The number of para-hydroxylation sites is 1. The van der Waals surface area contributed by atoms with Gasteiger partial charge in [-0.15, -0.1) is 0 Å². The van der Waals surface area contributed by atoms with Crippen LogP contribution in [0.25, 0.3) is 0 Å². The molecule has 0 aliphatic rings. The lowest BCUT2D eigenvalue weighted by atomic mass is 10.3. The summed E-state index contributed by atoms with van der Waals surface area (Å²) >= 11 is 0. The molecule has 0 bridgehead atoms. The molecule has 0 amide bonds. The SMILES string of the molecule is CCNCc1cnc(Oc2c(OC)cccc2OC)cn1. The minimum absolute atomic E-state index is 0.387. The molecule has 0 radical (unpaired) electrons. The Morgan fingerprint density at radius 1 is 1.05 bits per heavy atom. The number of hydrogen-bond donors (Lipinski definition) is 1. The molecule has 1 heterocycles. The van der Waals surface area contributed by atoms with Crippen LogP contribution in [0.15, 0.2) is 30.6 Å². The highest BCUT2D eigenvalue weighted by atomic mass is 16.5. The first-order chi connectivity index (χ1) is 10.3. The van der Waals surface area contributed by atoms with Gasteiger partial charge in [0.25, 0.3) is 0 Å². The molecule has 2 rings (SSSR count). The zero-order valence-corrected chi connectivity index (χ0v) is 12.4. The topological polar surface area (TPSA) is 65.5 Å². The average molecular weight is 289 g/mol. The molecule has 0 spiro atoms. The first-order valence-electron chi connectivity index (χ1n) is 6.69. The lowest BCUT2D eigenvalue weighted by molar-refractivity contribution is 0.341. The summed E-state index contributed by atoms with van der Waals surface area (Å²) in [7, 11) is 3.15. The summed E-state index contributed by atoms with van der Waals surface area (Å²) in [6.45, 7) is 3.61. The van der Waals surface area contributed by atoms with Crippen LogP contribution < -0.4 is 19.5 Å². The number of rotatable bonds is 7. The first-order valence-corrected chi connectivity index (χ1v) is 6.69.